The molecule has 4 aliphatic carbocycles. The minimum atomic E-state index is 0.492. The van der Waals surface area contributed by atoms with Gasteiger partial charge in [-0.2, -0.15) is 0 Å². The fraction of sp³-hybridized carbons (Fsp3) is 0.926. The highest BCUT2D eigenvalue weighted by Gasteiger charge is 2.63. The summed E-state index contributed by atoms with van der Waals surface area (Å²) in [4.78, 5) is 0. The minimum Gasteiger partial charge on any atom is -0.0993 e. The molecule has 27 heavy (non-hydrogen) atoms. The Hall–Kier alpha value is -0.260. The quantitative estimate of drug-likeness (QED) is 0.401. The normalized spacial score (nSPS) is 48.1. The SMILES string of the molecule is C=C1CCC2C3CCC4(C)CC(C)CCC4(CC)C3CCC12C.CC.CC. The van der Waals surface area contributed by atoms with E-state index >= 15 is 0 Å². The van der Waals surface area contributed by atoms with Gasteiger partial charge in [-0.1, -0.05) is 74.0 Å². The second kappa shape index (κ2) is 8.62. The van der Waals surface area contributed by atoms with Crippen LogP contribution in [0.4, 0.5) is 0 Å². The van der Waals surface area contributed by atoms with Crippen molar-refractivity contribution < 1.29 is 0 Å². The van der Waals surface area contributed by atoms with Gasteiger partial charge in [-0.15, -0.1) is 0 Å². The lowest BCUT2D eigenvalue weighted by Crippen LogP contribution is -2.58. The molecule has 4 rings (SSSR count). The van der Waals surface area contributed by atoms with E-state index in [1.807, 2.05) is 27.7 Å². The molecule has 4 fully saturated rings. The van der Waals surface area contributed by atoms with Crippen molar-refractivity contribution in [3.63, 3.8) is 0 Å². The second-order valence-electron chi connectivity index (χ2n) is 10.4. The Kier molecular flexibility index (Phi) is 7.35. The molecule has 0 amide bonds. The van der Waals surface area contributed by atoms with Gasteiger partial charge in [0, 0.05) is 0 Å². The van der Waals surface area contributed by atoms with Crippen molar-refractivity contribution >= 4 is 0 Å². The maximum atomic E-state index is 4.49. The Bertz CT molecular complexity index is 504. The Morgan fingerprint density at radius 2 is 1.56 bits per heavy atom. The van der Waals surface area contributed by atoms with E-state index in [0.29, 0.717) is 16.2 Å². The van der Waals surface area contributed by atoms with Gasteiger partial charge in [-0.25, -0.2) is 0 Å². The summed E-state index contributed by atoms with van der Waals surface area (Å²) in [5.74, 6) is 3.94. The van der Waals surface area contributed by atoms with Crippen LogP contribution in [-0.4, -0.2) is 0 Å². The van der Waals surface area contributed by atoms with Crippen LogP contribution < -0.4 is 0 Å². The third kappa shape index (κ3) is 3.36. The van der Waals surface area contributed by atoms with Gasteiger partial charge in [-0.05, 0) is 97.7 Å². The number of hydrogen-bond acceptors (Lipinski definition) is 0. The molecule has 7 atom stereocenters. The van der Waals surface area contributed by atoms with Crippen LogP contribution in [0.15, 0.2) is 12.2 Å². The summed E-state index contributed by atoms with van der Waals surface area (Å²) >= 11 is 0. The first kappa shape index (κ1) is 23.0. The fourth-order valence-electron chi connectivity index (χ4n) is 8.50. The molecule has 158 valence electrons. The molecule has 0 heteroatoms. The van der Waals surface area contributed by atoms with Crippen molar-refractivity contribution in [1.29, 1.82) is 0 Å². The molecular weight excluding hydrogens is 324 g/mol. The van der Waals surface area contributed by atoms with Gasteiger partial charge >= 0.3 is 0 Å². The molecule has 4 saturated carbocycles. The Labute approximate surface area is 172 Å². The van der Waals surface area contributed by atoms with E-state index in [1.165, 1.54) is 64.2 Å². The number of fused-ring (bicyclic) bond motifs is 5. The van der Waals surface area contributed by atoms with Crippen LogP contribution in [0.5, 0.6) is 0 Å². The zero-order valence-electron chi connectivity index (χ0n) is 20.1. The number of allylic oxidation sites excluding steroid dienone is 1. The first-order valence-corrected chi connectivity index (χ1v) is 12.5. The van der Waals surface area contributed by atoms with Crippen LogP contribution in [0.2, 0.25) is 0 Å². The Balaban J connectivity index is 0.000000614. The largest absolute Gasteiger partial charge is 0.0993 e. The highest BCUT2D eigenvalue weighted by Crippen LogP contribution is 2.71. The van der Waals surface area contributed by atoms with Gasteiger partial charge in [0.05, 0.1) is 0 Å². The molecule has 0 saturated heterocycles. The van der Waals surface area contributed by atoms with E-state index in [4.69, 9.17) is 0 Å². The zero-order valence-corrected chi connectivity index (χ0v) is 20.1. The predicted molar refractivity (Wildman–Crippen MR) is 122 cm³/mol. The first-order chi connectivity index (χ1) is 12.9. The Morgan fingerprint density at radius 3 is 2.19 bits per heavy atom. The molecule has 4 aliphatic rings. The van der Waals surface area contributed by atoms with E-state index < -0.39 is 0 Å². The third-order valence-corrected chi connectivity index (χ3v) is 9.85. The van der Waals surface area contributed by atoms with Crippen LogP contribution in [0.3, 0.4) is 0 Å². The van der Waals surface area contributed by atoms with Gasteiger partial charge in [0.15, 0.2) is 0 Å². The van der Waals surface area contributed by atoms with Crippen molar-refractivity contribution in [3.8, 4) is 0 Å². The molecule has 7 unspecified atom stereocenters. The fourth-order valence-corrected chi connectivity index (χ4v) is 8.50. The van der Waals surface area contributed by atoms with Gasteiger partial charge < -0.3 is 0 Å². The molecule has 0 N–H and O–H groups in total. The monoisotopic (exact) mass is 374 g/mol. The average Bonchev–Trinajstić information content (AvgIpc) is 2.99. The molecule has 0 bridgehead atoms. The molecule has 0 heterocycles. The molecule has 0 aromatic heterocycles. The van der Waals surface area contributed by atoms with E-state index in [0.717, 1.165) is 23.7 Å². The average molecular weight is 375 g/mol. The smallest absolute Gasteiger partial charge is 0.00879 e. The summed E-state index contributed by atoms with van der Waals surface area (Å²) < 4.78 is 0. The van der Waals surface area contributed by atoms with Crippen molar-refractivity contribution in [1.82, 2.24) is 0 Å². The summed E-state index contributed by atoms with van der Waals surface area (Å²) in [5, 5.41) is 0. The van der Waals surface area contributed by atoms with E-state index in [-0.39, 0.29) is 0 Å². The molecule has 0 radical (unpaired) electrons. The lowest BCUT2D eigenvalue weighted by atomic mass is 9.39. The molecule has 0 aromatic rings. The van der Waals surface area contributed by atoms with E-state index in [2.05, 4.69) is 34.3 Å². The first-order valence-electron chi connectivity index (χ1n) is 12.5. The topological polar surface area (TPSA) is 0 Å². The van der Waals surface area contributed by atoms with E-state index in [1.54, 1.807) is 5.57 Å². The maximum Gasteiger partial charge on any atom is -0.00879 e. The zero-order chi connectivity index (χ0) is 20.5. The van der Waals surface area contributed by atoms with Gasteiger partial charge in [0.2, 0.25) is 0 Å². The summed E-state index contributed by atoms with van der Waals surface area (Å²) in [5.41, 5.74) is 3.38. The maximum absolute atomic E-state index is 4.49. The number of hydrogen-bond donors (Lipinski definition) is 0. The van der Waals surface area contributed by atoms with Crippen molar-refractivity contribution in [2.24, 2.45) is 39.9 Å². The predicted octanol–water partition coefficient (Wildman–Crippen LogP) is 9.05. The Morgan fingerprint density at radius 1 is 0.889 bits per heavy atom. The molecule has 0 spiro atoms. The van der Waals surface area contributed by atoms with Gasteiger partial charge in [0.1, 0.15) is 0 Å². The minimum absolute atomic E-state index is 0.492. The molecule has 0 aromatic carbocycles. The third-order valence-electron chi connectivity index (χ3n) is 9.85. The van der Waals surface area contributed by atoms with Crippen molar-refractivity contribution in [2.45, 2.75) is 120 Å². The summed E-state index contributed by atoms with van der Waals surface area (Å²) in [6, 6.07) is 0. The molecular formula is C27H50. The summed E-state index contributed by atoms with van der Waals surface area (Å²) in [7, 11) is 0. The lowest BCUT2D eigenvalue weighted by Gasteiger charge is -2.66. The highest BCUT2D eigenvalue weighted by atomic mass is 14.7. The highest BCUT2D eigenvalue weighted by molar-refractivity contribution is 5.22. The van der Waals surface area contributed by atoms with Crippen molar-refractivity contribution in [3.05, 3.63) is 12.2 Å². The van der Waals surface area contributed by atoms with Crippen LogP contribution >= 0.6 is 0 Å². The second-order valence-corrected chi connectivity index (χ2v) is 10.4. The van der Waals surface area contributed by atoms with Crippen molar-refractivity contribution in [2.75, 3.05) is 0 Å². The van der Waals surface area contributed by atoms with Gasteiger partial charge in [-0.3, -0.25) is 0 Å². The lowest BCUT2D eigenvalue weighted by molar-refractivity contribution is -0.164. The molecule has 0 nitrogen and oxygen atoms in total. The summed E-state index contributed by atoms with van der Waals surface area (Å²) in [6.07, 6.45) is 14.7. The standard InChI is InChI=1S/C23H38.2C2H6/c1-6-23-14-9-16(2)15-21(23,4)12-10-18-19-8-7-17(3)22(19,5)13-11-20(18)23;2*1-2/h16,18-20H,3,6-15H2,1-2,4-5H3;2*1-2H3. The van der Waals surface area contributed by atoms with Gasteiger partial charge in [0.25, 0.3) is 0 Å². The summed E-state index contributed by atoms with van der Waals surface area (Å²) in [6.45, 7) is 22.8. The van der Waals surface area contributed by atoms with E-state index in [9.17, 15) is 0 Å². The van der Waals surface area contributed by atoms with Crippen LogP contribution in [0, 0.1) is 39.9 Å². The van der Waals surface area contributed by atoms with Crippen LogP contribution in [-0.2, 0) is 0 Å². The van der Waals surface area contributed by atoms with Crippen LogP contribution in [0.25, 0.3) is 0 Å². The molecule has 0 aliphatic heterocycles. The number of rotatable bonds is 1. The van der Waals surface area contributed by atoms with Crippen LogP contribution in [0.1, 0.15) is 120 Å².